The van der Waals surface area contributed by atoms with Crippen molar-refractivity contribution in [1.29, 1.82) is 0 Å². The van der Waals surface area contributed by atoms with Crippen LogP contribution >= 0.6 is 22.9 Å². The van der Waals surface area contributed by atoms with Gasteiger partial charge in [-0.15, -0.1) is 0 Å². The molecule has 2 aromatic rings. The summed E-state index contributed by atoms with van der Waals surface area (Å²) in [6.45, 7) is 1.43. The number of thiazole rings is 1. The number of alkyl halides is 3. The second-order valence-corrected chi connectivity index (χ2v) is 6.31. The highest BCUT2D eigenvalue weighted by molar-refractivity contribution is 7.15. The van der Waals surface area contributed by atoms with E-state index in [4.69, 9.17) is 16.3 Å². The van der Waals surface area contributed by atoms with Crippen LogP contribution in [0.1, 0.15) is 16.5 Å². The maximum absolute atomic E-state index is 12.7. The lowest BCUT2D eigenvalue weighted by atomic mass is 10.1. The van der Waals surface area contributed by atoms with E-state index in [1.165, 1.54) is 0 Å². The monoisotopic (exact) mass is 348 g/mol. The van der Waals surface area contributed by atoms with E-state index in [-0.39, 0.29) is 6.10 Å². The number of rotatable bonds is 2. The third kappa shape index (κ3) is 3.37. The number of morpholine rings is 1. The molecule has 118 valence electrons. The molecule has 0 spiro atoms. The van der Waals surface area contributed by atoms with Gasteiger partial charge in [0.05, 0.1) is 19.3 Å². The fraction of sp³-hybridized carbons (Fsp3) is 0.357. The number of benzene rings is 1. The Kier molecular flexibility index (Phi) is 4.29. The fourth-order valence-electron chi connectivity index (χ4n) is 2.24. The summed E-state index contributed by atoms with van der Waals surface area (Å²) in [4.78, 5) is 5.04. The van der Waals surface area contributed by atoms with Gasteiger partial charge in [0.1, 0.15) is 11.0 Å². The molecule has 0 bridgehead atoms. The quantitative estimate of drug-likeness (QED) is 0.804. The van der Waals surface area contributed by atoms with Crippen LogP contribution < -0.4 is 4.90 Å². The van der Waals surface area contributed by atoms with Crippen LogP contribution in [0.15, 0.2) is 30.5 Å². The Balaban J connectivity index is 1.75. The first kappa shape index (κ1) is 15.6. The summed E-state index contributed by atoms with van der Waals surface area (Å²) >= 11 is 6.51. The molecule has 1 aromatic heterocycles. The van der Waals surface area contributed by atoms with E-state index in [1.54, 1.807) is 12.1 Å². The number of anilines is 1. The molecule has 1 fully saturated rings. The van der Waals surface area contributed by atoms with Crippen LogP contribution in [0, 0.1) is 0 Å². The Bertz CT molecular complexity index is 644. The minimum Gasteiger partial charge on any atom is -0.370 e. The van der Waals surface area contributed by atoms with Crippen LogP contribution in [0.25, 0.3) is 0 Å². The van der Waals surface area contributed by atoms with E-state index in [2.05, 4.69) is 4.98 Å². The molecule has 2 heterocycles. The van der Waals surface area contributed by atoms with Crippen LogP contribution in [0.3, 0.4) is 0 Å². The summed E-state index contributed by atoms with van der Waals surface area (Å²) in [5.41, 5.74) is 0.946. The van der Waals surface area contributed by atoms with Gasteiger partial charge in [0.2, 0.25) is 0 Å². The number of nitrogens with zero attached hydrogens (tertiary/aromatic N) is 2. The lowest BCUT2D eigenvalue weighted by Crippen LogP contribution is -2.38. The van der Waals surface area contributed by atoms with Crippen LogP contribution in [0.4, 0.5) is 18.3 Å². The molecule has 1 atom stereocenters. The Hall–Kier alpha value is -1.31. The van der Waals surface area contributed by atoms with E-state index < -0.39 is 11.1 Å². The maximum atomic E-state index is 12.7. The minimum absolute atomic E-state index is 0.204. The summed E-state index contributed by atoms with van der Waals surface area (Å²) in [7, 11) is 0. The van der Waals surface area contributed by atoms with Crippen molar-refractivity contribution < 1.29 is 17.9 Å². The van der Waals surface area contributed by atoms with Crippen molar-refractivity contribution in [2.45, 2.75) is 12.3 Å². The van der Waals surface area contributed by atoms with Crippen LogP contribution in [0.2, 0.25) is 5.02 Å². The number of hydrogen-bond donors (Lipinski definition) is 0. The minimum atomic E-state index is -4.35. The molecule has 3 rings (SSSR count). The Labute approximate surface area is 134 Å². The van der Waals surface area contributed by atoms with Crippen molar-refractivity contribution >= 4 is 28.1 Å². The number of hydrogen-bond acceptors (Lipinski definition) is 4. The van der Waals surface area contributed by atoms with Crippen molar-refractivity contribution in [3.63, 3.8) is 0 Å². The molecule has 8 heteroatoms. The fourth-order valence-corrected chi connectivity index (χ4v) is 3.19. The Morgan fingerprint density at radius 3 is 2.64 bits per heavy atom. The van der Waals surface area contributed by atoms with Gasteiger partial charge in [-0.05, 0) is 17.7 Å². The van der Waals surface area contributed by atoms with Gasteiger partial charge in [-0.25, -0.2) is 4.98 Å². The normalized spacial score (nSPS) is 19.5. The molecule has 22 heavy (non-hydrogen) atoms. The lowest BCUT2D eigenvalue weighted by molar-refractivity contribution is -0.134. The van der Waals surface area contributed by atoms with Crippen molar-refractivity contribution in [2.75, 3.05) is 24.6 Å². The molecule has 0 amide bonds. The van der Waals surface area contributed by atoms with Gasteiger partial charge in [0.15, 0.2) is 5.13 Å². The Morgan fingerprint density at radius 2 is 2.00 bits per heavy atom. The van der Waals surface area contributed by atoms with Crippen molar-refractivity contribution in [1.82, 2.24) is 4.98 Å². The molecular formula is C14H12ClF3N2OS. The second kappa shape index (κ2) is 6.06. The topological polar surface area (TPSA) is 25.4 Å². The van der Waals surface area contributed by atoms with E-state index in [1.807, 2.05) is 17.0 Å². The summed E-state index contributed by atoms with van der Waals surface area (Å²) < 4.78 is 43.7. The van der Waals surface area contributed by atoms with Gasteiger partial charge in [0.25, 0.3) is 0 Å². The average Bonchev–Trinajstić information content (AvgIpc) is 2.98. The van der Waals surface area contributed by atoms with Crippen LogP contribution in [-0.4, -0.2) is 24.7 Å². The highest BCUT2D eigenvalue weighted by Crippen LogP contribution is 2.37. The van der Waals surface area contributed by atoms with Crippen molar-refractivity contribution in [2.24, 2.45) is 0 Å². The standard InChI is InChI=1S/C14H12ClF3N2OS/c15-10-3-1-9(2-4-10)11-8-20(5-6-21-11)13-19-7-12(22-13)14(16,17)18/h1-4,7,11H,5-6,8H2. The van der Waals surface area contributed by atoms with Gasteiger partial charge >= 0.3 is 6.18 Å². The average molecular weight is 349 g/mol. The zero-order chi connectivity index (χ0) is 15.7. The predicted molar refractivity (Wildman–Crippen MR) is 79.5 cm³/mol. The van der Waals surface area contributed by atoms with Crippen LogP contribution in [-0.2, 0) is 10.9 Å². The summed E-state index contributed by atoms with van der Waals surface area (Å²) in [5.74, 6) is 0. The van der Waals surface area contributed by atoms with E-state index in [0.717, 1.165) is 11.8 Å². The lowest BCUT2D eigenvalue weighted by Gasteiger charge is -2.33. The number of aromatic nitrogens is 1. The SMILES string of the molecule is FC(F)(F)c1cnc(N2CCOC(c3ccc(Cl)cc3)C2)s1. The van der Waals surface area contributed by atoms with Gasteiger partial charge in [-0.2, -0.15) is 13.2 Å². The first-order valence-electron chi connectivity index (χ1n) is 6.58. The first-order chi connectivity index (χ1) is 10.4. The highest BCUT2D eigenvalue weighted by atomic mass is 35.5. The summed E-state index contributed by atoms with van der Waals surface area (Å²) in [6.07, 6.45) is -3.67. The van der Waals surface area contributed by atoms with Gasteiger partial charge in [-0.1, -0.05) is 35.1 Å². The molecule has 1 saturated heterocycles. The molecule has 0 aliphatic carbocycles. The van der Waals surface area contributed by atoms with Crippen molar-refractivity contribution in [3.05, 3.63) is 45.9 Å². The first-order valence-corrected chi connectivity index (χ1v) is 7.78. The van der Waals surface area contributed by atoms with E-state index >= 15 is 0 Å². The summed E-state index contributed by atoms with van der Waals surface area (Å²) in [6, 6.07) is 7.26. The highest BCUT2D eigenvalue weighted by Gasteiger charge is 2.34. The number of ether oxygens (including phenoxy) is 1. The van der Waals surface area contributed by atoms with Crippen molar-refractivity contribution in [3.8, 4) is 0 Å². The largest absolute Gasteiger partial charge is 0.427 e. The van der Waals surface area contributed by atoms with Gasteiger partial charge in [-0.3, -0.25) is 0 Å². The molecule has 3 nitrogen and oxygen atoms in total. The predicted octanol–water partition coefficient (Wildman–Crippen LogP) is 4.39. The Morgan fingerprint density at radius 1 is 1.27 bits per heavy atom. The molecule has 1 aliphatic rings. The molecule has 1 unspecified atom stereocenters. The zero-order valence-electron chi connectivity index (χ0n) is 11.3. The van der Waals surface area contributed by atoms with E-state index in [0.29, 0.717) is 41.2 Å². The zero-order valence-corrected chi connectivity index (χ0v) is 12.9. The maximum Gasteiger partial charge on any atom is 0.427 e. The molecule has 0 N–H and O–H groups in total. The number of halogens is 4. The smallest absolute Gasteiger partial charge is 0.370 e. The molecule has 1 aromatic carbocycles. The third-order valence-corrected chi connectivity index (χ3v) is 4.71. The molecule has 1 aliphatic heterocycles. The third-order valence-electron chi connectivity index (χ3n) is 3.35. The molecule has 0 saturated carbocycles. The molecular weight excluding hydrogens is 337 g/mol. The van der Waals surface area contributed by atoms with Gasteiger partial charge < -0.3 is 9.64 Å². The van der Waals surface area contributed by atoms with Gasteiger partial charge in [0, 0.05) is 11.6 Å². The molecule has 0 radical (unpaired) electrons. The summed E-state index contributed by atoms with van der Waals surface area (Å²) in [5, 5.41) is 1.00. The second-order valence-electron chi connectivity index (χ2n) is 4.86. The van der Waals surface area contributed by atoms with Crippen LogP contribution in [0.5, 0.6) is 0 Å². The van der Waals surface area contributed by atoms with E-state index in [9.17, 15) is 13.2 Å².